The van der Waals surface area contributed by atoms with E-state index in [-0.39, 0.29) is 5.91 Å². The molecule has 0 aliphatic rings. The average molecular weight is 295 g/mol. The fraction of sp³-hybridized carbons (Fsp3) is 0.211. The van der Waals surface area contributed by atoms with Gasteiger partial charge in [0, 0.05) is 12.6 Å². The number of hydrogen-bond donors (Lipinski definition) is 1. The van der Waals surface area contributed by atoms with E-state index in [1.165, 1.54) is 0 Å². The van der Waals surface area contributed by atoms with Gasteiger partial charge in [-0.05, 0) is 35.8 Å². The third kappa shape index (κ3) is 5.44. The zero-order chi connectivity index (χ0) is 15.6. The van der Waals surface area contributed by atoms with Crippen molar-refractivity contribution in [3.8, 4) is 5.75 Å². The first-order valence-corrected chi connectivity index (χ1v) is 7.50. The molecule has 1 amide bonds. The summed E-state index contributed by atoms with van der Waals surface area (Å²) in [5, 5.41) is 2.81. The second-order valence-corrected chi connectivity index (χ2v) is 4.97. The number of carbonyl (C=O) groups is 1. The predicted molar refractivity (Wildman–Crippen MR) is 89.6 cm³/mol. The first-order valence-electron chi connectivity index (χ1n) is 7.50. The number of carbonyl (C=O) groups excluding carboxylic acids is 1. The third-order valence-corrected chi connectivity index (χ3v) is 3.08. The molecule has 3 heteroatoms. The second kappa shape index (κ2) is 8.67. The predicted octanol–water partition coefficient (Wildman–Crippen LogP) is 3.81. The van der Waals surface area contributed by atoms with Crippen LogP contribution in [0.25, 0.3) is 6.08 Å². The molecule has 0 spiro atoms. The van der Waals surface area contributed by atoms with Crippen LogP contribution in [0.3, 0.4) is 0 Å². The van der Waals surface area contributed by atoms with E-state index in [4.69, 9.17) is 4.74 Å². The lowest BCUT2D eigenvalue weighted by molar-refractivity contribution is -0.116. The molecule has 22 heavy (non-hydrogen) atoms. The number of benzene rings is 2. The first kappa shape index (κ1) is 15.8. The van der Waals surface area contributed by atoms with Crippen molar-refractivity contribution in [1.29, 1.82) is 0 Å². The molecule has 0 atom stereocenters. The Morgan fingerprint density at radius 2 is 1.95 bits per heavy atom. The quantitative estimate of drug-likeness (QED) is 0.789. The van der Waals surface area contributed by atoms with E-state index in [9.17, 15) is 4.79 Å². The van der Waals surface area contributed by atoms with Crippen LogP contribution in [0.15, 0.2) is 60.7 Å². The second-order valence-electron chi connectivity index (χ2n) is 4.97. The van der Waals surface area contributed by atoms with Gasteiger partial charge in [0.15, 0.2) is 0 Å². The molecule has 0 heterocycles. The molecule has 0 aromatic heterocycles. The Kier molecular flexibility index (Phi) is 6.24. The maximum atomic E-state index is 11.5. The van der Waals surface area contributed by atoms with Gasteiger partial charge in [0.2, 0.25) is 5.91 Å². The van der Waals surface area contributed by atoms with Crippen LogP contribution in [0.1, 0.15) is 24.5 Å². The minimum absolute atomic E-state index is 0.0718. The average Bonchev–Trinajstić information content (AvgIpc) is 2.57. The molecular formula is C19H21NO2. The topological polar surface area (TPSA) is 38.3 Å². The Bertz CT molecular complexity index is 620. The lowest BCUT2D eigenvalue weighted by Crippen LogP contribution is -2.21. The lowest BCUT2D eigenvalue weighted by atomic mass is 10.2. The van der Waals surface area contributed by atoms with Crippen LogP contribution in [0, 0.1) is 0 Å². The van der Waals surface area contributed by atoms with Crippen LogP contribution >= 0.6 is 0 Å². The van der Waals surface area contributed by atoms with Crippen molar-refractivity contribution in [2.75, 3.05) is 6.54 Å². The van der Waals surface area contributed by atoms with E-state index in [0.717, 1.165) is 23.3 Å². The molecule has 3 nitrogen and oxygen atoms in total. The van der Waals surface area contributed by atoms with E-state index in [0.29, 0.717) is 13.2 Å². The number of nitrogens with one attached hydrogen (secondary N) is 1. The minimum atomic E-state index is -0.0718. The van der Waals surface area contributed by atoms with Crippen LogP contribution in [-0.4, -0.2) is 12.5 Å². The Morgan fingerprint density at radius 3 is 2.73 bits per heavy atom. The number of rotatable bonds is 7. The van der Waals surface area contributed by atoms with E-state index in [1.807, 2.05) is 61.5 Å². The third-order valence-electron chi connectivity index (χ3n) is 3.08. The molecule has 2 rings (SSSR count). The zero-order valence-electron chi connectivity index (χ0n) is 12.8. The summed E-state index contributed by atoms with van der Waals surface area (Å²) in [4.78, 5) is 11.5. The van der Waals surface area contributed by atoms with E-state index in [2.05, 4.69) is 5.32 Å². The van der Waals surface area contributed by atoms with Gasteiger partial charge in [-0.25, -0.2) is 0 Å². The normalized spacial score (nSPS) is 10.6. The number of ether oxygens (including phenoxy) is 1. The Balaban J connectivity index is 1.92. The molecule has 114 valence electrons. The highest BCUT2D eigenvalue weighted by molar-refractivity contribution is 5.91. The highest BCUT2D eigenvalue weighted by Crippen LogP contribution is 2.16. The number of hydrogen-bond acceptors (Lipinski definition) is 2. The Hall–Kier alpha value is -2.55. The summed E-state index contributed by atoms with van der Waals surface area (Å²) in [5.41, 5.74) is 2.07. The summed E-state index contributed by atoms with van der Waals surface area (Å²) in [6.45, 7) is 3.26. The van der Waals surface area contributed by atoms with Crippen LogP contribution in [0.2, 0.25) is 0 Å². The molecule has 0 radical (unpaired) electrons. The Morgan fingerprint density at radius 1 is 1.14 bits per heavy atom. The first-order chi connectivity index (χ1) is 10.8. The summed E-state index contributed by atoms with van der Waals surface area (Å²) in [5.74, 6) is 0.720. The van der Waals surface area contributed by atoms with Crippen molar-refractivity contribution in [3.63, 3.8) is 0 Å². The van der Waals surface area contributed by atoms with Gasteiger partial charge in [-0.3, -0.25) is 4.79 Å². The van der Waals surface area contributed by atoms with Crippen molar-refractivity contribution in [1.82, 2.24) is 5.32 Å². The summed E-state index contributed by atoms with van der Waals surface area (Å²) in [7, 11) is 0. The molecule has 2 aromatic rings. The van der Waals surface area contributed by atoms with Crippen molar-refractivity contribution in [2.45, 2.75) is 20.0 Å². The monoisotopic (exact) mass is 295 g/mol. The largest absolute Gasteiger partial charge is 0.489 e. The zero-order valence-corrected chi connectivity index (χ0v) is 12.8. The highest BCUT2D eigenvalue weighted by Gasteiger charge is 1.98. The van der Waals surface area contributed by atoms with Gasteiger partial charge in [0.25, 0.3) is 0 Å². The van der Waals surface area contributed by atoms with Crippen molar-refractivity contribution >= 4 is 12.0 Å². The molecule has 2 aromatic carbocycles. The summed E-state index contributed by atoms with van der Waals surface area (Å²) in [6, 6.07) is 17.7. The van der Waals surface area contributed by atoms with Crippen molar-refractivity contribution in [3.05, 3.63) is 71.8 Å². The fourth-order valence-corrected chi connectivity index (χ4v) is 1.93. The van der Waals surface area contributed by atoms with Gasteiger partial charge in [-0.2, -0.15) is 0 Å². The molecule has 0 fully saturated rings. The maximum Gasteiger partial charge on any atom is 0.243 e. The van der Waals surface area contributed by atoms with Crippen LogP contribution < -0.4 is 10.1 Å². The molecule has 1 N–H and O–H groups in total. The fourth-order valence-electron chi connectivity index (χ4n) is 1.93. The molecular weight excluding hydrogens is 274 g/mol. The van der Waals surface area contributed by atoms with E-state index >= 15 is 0 Å². The van der Waals surface area contributed by atoms with Crippen LogP contribution in [-0.2, 0) is 11.4 Å². The van der Waals surface area contributed by atoms with E-state index in [1.54, 1.807) is 12.2 Å². The van der Waals surface area contributed by atoms with Crippen molar-refractivity contribution in [2.24, 2.45) is 0 Å². The summed E-state index contributed by atoms with van der Waals surface area (Å²) < 4.78 is 5.77. The summed E-state index contributed by atoms with van der Waals surface area (Å²) in [6.07, 6.45) is 4.27. The standard InChI is InChI=1S/C19H21NO2/c1-2-13-20-19(21)12-11-16-9-6-10-18(14-16)22-15-17-7-4-3-5-8-17/h3-12,14H,2,13,15H2,1H3,(H,20,21)/b12-11+. The van der Waals surface area contributed by atoms with Gasteiger partial charge in [-0.1, -0.05) is 49.4 Å². The molecule has 0 saturated carbocycles. The Labute approximate surface area is 131 Å². The van der Waals surface area contributed by atoms with Gasteiger partial charge in [0.05, 0.1) is 0 Å². The van der Waals surface area contributed by atoms with Gasteiger partial charge in [-0.15, -0.1) is 0 Å². The molecule has 0 aliphatic carbocycles. The smallest absolute Gasteiger partial charge is 0.243 e. The maximum absolute atomic E-state index is 11.5. The number of amides is 1. The van der Waals surface area contributed by atoms with Crippen LogP contribution in [0.5, 0.6) is 5.75 Å². The highest BCUT2D eigenvalue weighted by atomic mass is 16.5. The summed E-state index contributed by atoms with van der Waals surface area (Å²) >= 11 is 0. The SMILES string of the molecule is CCCNC(=O)/C=C/c1cccc(OCc2ccccc2)c1. The lowest BCUT2D eigenvalue weighted by Gasteiger charge is -2.07. The molecule has 0 saturated heterocycles. The molecule has 0 aliphatic heterocycles. The molecule has 0 bridgehead atoms. The van der Waals surface area contributed by atoms with Crippen LogP contribution in [0.4, 0.5) is 0 Å². The van der Waals surface area contributed by atoms with Gasteiger partial charge >= 0.3 is 0 Å². The van der Waals surface area contributed by atoms with Gasteiger partial charge < -0.3 is 10.1 Å². The van der Waals surface area contributed by atoms with E-state index < -0.39 is 0 Å². The minimum Gasteiger partial charge on any atom is -0.489 e. The van der Waals surface area contributed by atoms with Gasteiger partial charge in [0.1, 0.15) is 12.4 Å². The molecule has 0 unspecified atom stereocenters. The van der Waals surface area contributed by atoms with Crippen molar-refractivity contribution < 1.29 is 9.53 Å².